The van der Waals surface area contributed by atoms with Gasteiger partial charge in [0, 0.05) is 17.0 Å². The number of benzene rings is 1. The number of rotatable bonds is 5. The van der Waals surface area contributed by atoms with Gasteiger partial charge in [-0.25, -0.2) is 18.3 Å². The molecule has 0 saturated heterocycles. The fourth-order valence-electron chi connectivity index (χ4n) is 2.85. The molecule has 9 heteroatoms. The maximum Gasteiger partial charge on any atom is 0.253 e. The monoisotopic (exact) mass is 391 g/mol. The molecule has 142 valence electrons. The molecule has 1 unspecified atom stereocenters. The summed E-state index contributed by atoms with van der Waals surface area (Å²) in [6.07, 6.45) is 1.98. The zero-order chi connectivity index (χ0) is 19.7. The quantitative estimate of drug-likeness (QED) is 0.677. The fourth-order valence-corrected chi connectivity index (χ4v) is 3.19. The first kappa shape index (κ1) is 19.2. The molecule has 0 aliphatic rings. The molecule has 1 N–H and O–H groups in total. The van der Waals surface area contributed by atoms with Gasteiger partial charge in [-0.3, -0.25) is 4.79 Å². The number of aryl methyl sites for hydroxylation is 2. The molecule has 1 atom stereocenters. The van der Waals surface area contributed by atoms with Gasteiger partial charge in [0.25, 0.3) is 5.78 Å². The minimum Gasteiger partial charge on any atom is -0.349 e. The Bertz CT molecular complexity index is 1020. The van der Waals surface area contributed by atoms with Crippen LogP contribution in [0.3, 0.4) is 0 Å². The lowest BCUT2D eigenvalue weighted by Gasteiger charge is -2.16. The van der Waals surface area contributed by atoms with Crippen LogP contribution < -0.4 is 5.32 Å². The van der Waals surface area contributed by atoms with Crippen molar-refractivity contribution in [2.75, 3.05) is 6.26 Å². The van der Waals surface area contributed by atoms with Crippen LogP contribution in [0.2, 0.25) is 0 Å². The van der Waals surface area contributed by atoms with Crippen LogP contribution in [0.4, 0.5) is 8.78 Å². The minimum atomic E-state index is -0.939. The van der Waals surface area contributed by atoms with Gasteiger partial charge >= 0.3 is 0 Å². The highest BCUT2D eigenvalue weighted by molar-refractivity contribution is 7.98. The largest absolute Gasteiger partial charge is 0.349 e. The highest BCUT2D eigenvalue weighted by atomic mass is 32.2. The van der Waals surface area contributed by atoms with Crippen molar-refractivity contribution in [3.05, 3.63) is 52.3 Å². The molecule has 0 radical (unpaired) electrons. The maximum absolute atomic E-state index is 13.4. The average Bonchev–Trinajstić information content (AvgIpc) is 3.04. The van der Waals surface area contributed by atoms with Crippen LogP contribution in [0.5, 0.6) is 0 Å². The highest BCUT2D eigenvalue weighted by Gasteiger charge is 2.18. The summed E-state index contributed by atoms with van der Waals surface area (Å²) in [6.45, 7) is 5.40. The van der Waals surface area contributed by atoms with Crippen molar-refractivity contribution in [3.8, 4) is 0 Å². The molecule has 3 rings (SSSR count). The van der Waals surface area contributed by atoms with Crippen LogP contribution in [0.1, 0.15) is 35.5 Å². The summed E-state index contributed by atoms with van der Waals surface area (Å²) in [4.78, 5) is 21.2. The molecule has 0 fully saturated rings. The van der Waals surface area contributed by atoms with Crippen molar-refractivity contribution in [2.24, 2.45) is 0 Å². The van der Waals surface area contributed by atoms with Crippen LogP contribution in [-0.2, 0) is 11.2 Å². The molecular weight excluding hydrogens is 372 g/mol. The average molecular weight is 391 g/mol. The topological polar surface area (TPSA) is 72.2 Å². The lowest BCUT2D eigenvalue weighted by molar-refractivity contribution is -0.121. The minimum absolute atomic E-state index is 0.100. The van der Waals surface area contributed by atoms with Crippen molar-refractivity contribution in [3.63, 3.8) is 0 Å². The molecule has 0 saturated carbocycles. The third-order valence-electron chi connectivity index (χ3n) is 4.37. The van der Waals surface area contributed by atoms with Crippen LogP contribution in [0.25, 0.3) is 5.78 Å². The van der Waals surface area contributed by atoms with Gasteiger partial charge < -0.3 is 5.32 Å². The van der Waals surface area contributed by atoms with E-state index in [2.05, 4.69) is 20.4 Å². The summed E-state index contributed by atoms with van der Waals surface area (Å²) in [5.41, 5.74) is 2.75. The van der Waals surface area contributed by atoms with Crippen molar-refractivity contribution < 1.29 is 13.6 Å². The Morgan fingerprint density at radius 1 is 1.26 bits per heavy atom. The Morgan fingerprint density at radius 2 is 2.00 bits per heavy atom. The smallest absolute Gasteiger partial charge is 0.253 e. The van der Waals surface area contributed by atoms with Gasteiger partial charge in [0.2, 0.25) is 11.1 Å². The molecular formula is C18H19F2N5OS. The van der Waals surface area contributed by atoms with E-state index in [0.29, 0.717) is 22.2 Å². The lowest BCUT2D eigenvalue weighted by atomic mass is 10.1. The van der Waals surface area contributed by atoms with Crippen molar-refractivity contribution in [1.29, 1.82) is 0 Å². The van der Waals surface area contributed by atoms with Crippen molar-refractivity contribution in [2.45, 2.75) is 38.4 Å². The number of nitrogens with one attached hydrogen (secondary N) is 1. The van der Waals surface area contributed by atoms with E-state index in [0.717, 1.165) is 23.4 Å². The first-order chi connectivity index (χ1) is 12.8. The number of hydrogen-bond donors (Lipinski definition) is 1. The number of hydrogen-bond acceptors (Lipinski definition) is 5. The molecule has 6 nitrogen and oxygen atoms in total. The Labute approximate surface area is 159 Å². The summed E-state index contributed by atoms with van der Waals surface area (Å²) in [5.74, 6) is -1.61. The molecule has 0 spiro atoms. The SMILES string of the molecule is CSc1nc2nc(C)c(CC(=O)NC(C)c3ccc(F)c(F)c3)c(C)n2n1. The number of amides is 1. The number of thioether (sulfide) groups is 1. The first-order valence-electron chi connectivity index (χ1n) is 8.31. The molecule has 1 amide bonds. The van der Waals surface area contributed by atoms with Gasteiger partial charge in [-0.05, 0) is 44.7 Å². The van der Waals surface area contributed by atoms with Gasteiger partial charge in [-0.2, -0.15) is 4.98 Å². The molecule has 2 aromatic heterocycles. The zero-order valence-electron chi connectivity index (χ0n) is 15.4. The van der Waals surface area contributed by atoms with E-state index >= 15 is 0 Å². The Morgan fingerprint density at radius 3 is 2.67 bits per heavy atom. The molecule has 0 bridgehead atoms. The summed E-state index contributed by atoms with van der Waals surface area (Å²) >= 11 is 1.42. The van der Waals surface area contributed by atoms with Crippen LogP contribution in [0.15, 0.2) is 23.4 Å². The van der Waals surface area contributed by atoms with Crippen LogP contribution in [0, 0.1) is 25.5 Å². The Balaban J connectivity index is 1.80. The second kappa shape index (κ2) is 7.59. The van der Waals surface area contributed by atoms with Gasteiger partial charge in [-0.15, -0.1) is 5.10 Å². The van der Waals surface area contributed by atoms with Gasteiger partial charge in [-0.1, -0.05) is 17.8 Å². The fraction of sp³-hybridized carbons (Fsp3) is 0.333. The first-order valence-corrected chi connectivity index (χ1v) is 9.53. The van der Waals surface area contributed by atoms with Gasteiger partial charge in [0.05, 0.1) is 12.5 Å². The van der Waals surface area contributed by atoms with Gasteiger partial charge in [0.1, 0.15) is 0 Å². The molecule has 27 heavy (non-hydrogen) atoms. The van der Waals surface area contributed by atoms with Crippen LogP contribution >= 0.6 is 11.8 Å². The maximum atomic E-state index is 13.4. The molecule has 0 aliphatic carbocycles. The van der Waals surface area contributed by atoms with Crippen molar-refractivity contribution in [1.82, 2.24) is 24.9 Å². The number of halogens is 2. The summed E-state index contributed by atoms with van der Waals surface area (Å²) in [7, 11) is 0. The number of nitrogens with zero attached hydrogens (tertiary/aromatic N) is 4. The second-order valence-electron chi connectivity index (χ2n) is 6.21. The van der Waals surface area contributed by atoms with E-state index in [1.54, 1.807) is 11.4 Å². The number of carbonyl (C=O) groups excluding carboxylic acids is 1. The second-order valence-corrected chi connectivity index (χ2v) is 6.98. The molecule has 0 aliphatic heterocycles. The van der Waals surface area contributed by atoms with E-state index in [1.165, 1.54) is 17.8 Å². The number of carbonyl (C=O) groups is 1. The van der Waals surface area contributed by atoms with Crippen LogP contribution in [-0.4, -0.2) is 31.7 Å². The Hall–Kier alpha value is -2.55. The number of aromatic nitrogens is 4. The van der Waals surface area contributed by atoms with Gasteiger partial charge in [0.15, 0.2) is 11.6 Å². The standard InChI is InChI=1S/C18H19F2N5OS/c1-9(12-5-6-14(19)15(20)7-12)21-16(26)8-13-10(2)22-17-23-18(27-4)24-25(17)11(13)3/h5-7,9H,8H2,1-4H3,(H,21,26). The predicted octanol–water partition coefficient (Wildman–Crippen LogP) is 3.16. The molecule has 3 aromatic rings. The summed E-state index contributed by atoms with van der Waals surface area (Å²) in [6, 6.07) is 3.13. The van der Waals surface area contributed by atoms with E-state index in [4.69, 9.17) is 0 Å². The summed E-state index contributed by atoms with van der Waals surface area (Å²) < 4.78 is 28.1. The van der Waals surface area contributed by atoms with E-state index in [9.17, 15) is 13.6 Å². The van der Waals surface area contributed by atoms with Crippen molar-refractivity contribution >= 4 is 23.4 Å². The zero-order valence-corrected chi connectivity index (χ0v) is 16.2. The van der Waals surface area contributed by atoms with E-state index in [1.807, 2.05) is 20.1 Å². The Kier molecular flexibility index (Phi) is 5.41. The summed E-state index contributed by atoms with van der Waals surface area (Å²) in [5, 5.41) is 7.78. The third-order valence-corrected chi connectivity index (χ3v) is 4.91. The lowest BCUT2D eigenvalue weighted by Crippen LogP contribution is -2.29. The molecule has 1 aromatic carbocycles. The highest BCUT2D eigenvalue weighted by Crippen LogP contribution is 2.19. The third kappa shape index (κ3) is 3.92. The van der Waals surface area contributed by atoms with E-state index in [-0.39, 0.29) is 12.3 Å². The van der Waals surface area contributed by atoms with E-state index < -0.39 is 17.7 Å². The predicted molar refractivity (Wildman–Crippen MR) is 98.7 cm³/mol. The molecule has 2 heterocycles. The number of fused-ring (bicyclic) bond motifs is 1. The normalized spacial score (nSPS) is 12.4.